The Balaban J connectivity index is 2.83. The maximum atomic E-state index is 12.0. The van der Waals surface area contributed by atoms with Crippen LogP contribution in [-0.4, -0.2) is 61.0 Å². The number of sulfonamides is 1. The van der Waals surface area contributed by atoms with Gasteiger partial charge in [0.05, 0.1) is 6.26 Å². The van der Waals surface area contributed by atoms with E-state index in [-0.39, 0.29) is 13.0 Å². The molecule has 116 valence electrons. The van der Waals surface area contributed by atoms with E-state index in [0.717, 1.165) is 11.2 Å². The van der Waals surface area contributed by atoms with E-state index in [1.54, 1.807) is 20.8 Å². The number of carboxylic acid groups (broad SMARTS) is 1. The average molecular weight is 308 g/mol. The zero-order valence-electron chi connectivity index (χ0n) is 11.9. The summed E-state index contributed by atoms with van der Waals surface area (Å²) < 4.78 is 29.8. The van der Waals surface area contributed by atoms with Gasteiger partial charge in [0, 0.05) is 12.6 Å². The molecule has 1 amide bonds. The van der Waals surface area contributed by atoms with E-state index in [0.29, 0.717) is 0 Å². The third-order valence-corrected chi connectivity index (χ3v) is 3.36. The highest BCUT2D eigenvalue weighted by atomic mass is 32.2. The molecule has 1 rings (SSSR count). The molecule has 20 heavy (non-hydrogen) atoms. The molecule has 8 nitrogen and oxygen atoms in total. The second kappa shape index (κ2) is 5.57. The molecule has 1 heterocycles. The summed E-state index contributed by atoms with van der Waals surface area (Å²) in [7, 11) is -3.46. The minimum atomic E-state index is -3.46. The number of carbonyl (C=O) groups excluding carboxylic acids is 1. The molecular formula is C11H20N2O6S. The molecule has 0 spiro atoms. The lowest BCUT2D eigenvalue weighted by Gasteiger charge is -2.26. The van der Waals surface area contributed by atoms with Crippen LogP contribution in [0.4, 0.5) is 4.79 Å². The Morgan fingerprint density at radius 1 is 1.35 bits per heavy atom. The van der Waals surface area contributed by atoms with Gasteiger partial charge >= 0.3 is 12.1 Å². The van der Waals surface area contributed by atoms with Crippen molar-refractivity contribution >= 4 is 22.1 Å². The Morgan fingerprint density at radius 2 is 1.90 bits per heavy atom. The second-order valence-corrected chi connectivity index (χ2v) is 7.59. The van der Waals surface area contributed by atoms with Crippen molar-refractivity contribution in [2.75, 3.05) is 12.8 Å². The number of amides is 1. The Bertz CT molecular complexity index is 496. The van der Waals surface area contributed by atoms with Gasteiger partial charge in [-0.3, -0.25) is 4.90 Å². The van der Waals surface area contributed by atoms with E-state index < -0.39 is 39.8 Å². The van der Waals surface area contributed by atoms with Gasteiger partial charge in [-0.2, -0.15) is 0 Å². The highest BCUT2D eigenvalue weighted by Gasteiger charge is 2.42. The Labute approximate surface area is 118 Å². The van der Waals surface area contributed by atoms with Crippen molar-refractivity contribution in [2.45, 2.75) is 44.9 Å². The highest BCUT2D eigenvalue weighted by molar-refractivity contribution is 7.88. The molecule has 1 aliphatic heterocycles. The number of carboxylic acids is 1. The average Bonchev–Trinajstić information content (AvgIpc) is 2.56. The summed E-state index contributed by atoms with van der Waals surface area (Å²) in [6.07, 6.45) is 0.239. The number of aliphatic carboxylic acids is 1. The standard InChI is InChI=1S/C11H20N2O6S/c1-11(2,3)19-10(16)13-6-7(12-20(4,17)18)5-8(13)9(14)15/h7-8,12H,5-6H2,1-4H3,(H,14,15)/t7-,8+/m1/s1. The van der Waals surface area contributed by atoms with Crippen molar-refractivity contribution in [2.24, 2.45) is 0 Å². The molecule has 0 aromatic rings. The SMILES string of the molecule is CC(C)(C)OC(=O)N1C[C@H](NS(C)(=O)=O)C[C@H]1C(=O)O. The Kier molecular flexibility index (Phi) is 4.65. The van der Waals surface area contributed by atoms with Gasteiger partial charge in [-0.05, 0) is 27.2 Å². The summed E-state index contributed by atoms with van der Waals surface area (Å²) in [6, 6.07) is -1.72. The third-order valence-electron chi connectivity index (χ3n) is 2.59. The van der Waals surface area contributed by atoms with Gasteiger partial charge < -0.3 is 9.84 Å². The third kappa shape index (κ3) is 4.97. The van der Waals surface area contributed by atoms with Crippen LogP contribution in [0.25, 0.3) is 0 Å². The van der Waals surface area contributed by atoms with Crippen LogP contribution in [0.2, 0.25) is 0 Å². The van der Waals surface area contributed by atoms with Crippen LogP contribution < -0.4 is 4.72 Å². The number of hydrogen-bond donors (Lipinski definition) is 2. The molecule has 0 saturated carbocycles. The number of nitrogens with one attached hydrogen (secondary N) is 1. The molecule has 0 radical (unpaired) electrons. The molecule has 1 saturated heterocycles. The van der Waals surface area contributed by atoms with E-state index in [4.69, 9.17) is 9.84 Å². The van der Waals surface area contributed by atoms with E-state index >= 15 is 0 Å². The van der Waals surface area contributed by atoms with Gasteiger partial charge in [0.2, 0.25) is 10.0 Å². The summed E-state index contributed by atoms with van der Waals surface area (Å²) >= 11 is 0. The number of likely N-dealkylation sites (tertiary alicyclic amines) is 1. The fourth-order valence-corrected chi connectivity index (χ4v) is 2.76. The zero-order valence-corrected chi connectivity index (χ0v) is 12.7. The monoisotopic (exact) mass is 308 g/mol. The van der Waals surface area contributed by atoms with Crippen molar-refractivity contribution in [3.05, 3.63) is 0 Å². The summed E-state index contributed by atoms with van der Waals surface area (Å²) in [6.45, 7) is 4.98. The number of hydrogen-bond acceptors (Lipinski definition) is 5. The van der Waals surface area contributed by atoms with Crippen LogP contribution in [0, 0.1) is 0 Å². The van der Waals surface area contributed by atoms with Gasteiger partial charge in [-0.15, -0.1) is 0 Å². The van der Waals surface area contributed by atoms with E-state index in [1.165, 1.54) is 0 Å². The number of ether oxygens (including phenoxy) is 1. The minimum absolute atomic E-state index is 0.0155. The van der Waals surface area contributed by atoms with Crippen LogP contribution in [-0.2, 0) is 19.6 Å². The maximum absolute atomic E-state index is 12.0. The van der Waals surface area contributed by atoms with E-state index in [9.17, 15) is 18.0 Å². The lowest BCUT2D eigenvalue weighted by atomic mass is 10.2. The Hall–Kier alpha value is -1.35. The Morgan fingerprint density at radius 3 is 2.30 bits per heavy atom. The van der Waals surface area contributed by atoms with E-state index in [2.05, 4.69) is 4.72 Å². The van der Waals surface area contributed by atoms with Crippen molar-refractivity contribution in [1.29, 1.82) is 0 Å². The quantitative estimate of drug-likeness (QED) is 0.758. The smallest absolute Gasteiger partial charge is 0.411 e. The lowest BCUT2D eigenvalue weighted by molar-refractivity contribution is -0.142. The first kappa shape index (κ1) is 16.7. The molecule has 0 bridgehead atoms. The summed E-state index contributed by atoms with van der Waals surface area (Å²) in [4.78, 5) is 24.2. The first-order valence-corrected chi connectivity index (χ1v) is 7.98. The van der Waals surface area contributed by atoms with Crippen LogP contribution in [0.5, 0.6) is 0 Å². The second-order valence-electron chi connectivity index (χ2n) is 5.81. The van der Waals surface area contributed by atoms with Gasteiger partial charge in [0.25, 0.3) is 0 Å². The highest BCUT2D eigenvalue weighted by Crippen LogP contribution is 2.22. The molecule has 2 N–H and O–H groups in total. The van der Waals surface area contributed by atoms with Gasteiger partial charge in [0.15, 0.2) is 0 Å². The molecule has 0 aromatic carbocycles. The summed E-state index contributed by atoms with van der Waals surface area (Å²) in [5, 5.41) is 9.12. The van der Waals surface area contributed by atoms with Crippen molar-refractivity contribution in [3.8, 4) is 0 Å². The normalized spacial score (nSPS) is 23.7. The predicted molar refractivity (Wildman–Crippen MR) is 70.7 cm³/mol. The van der Waals surface area contributed by atoms with E-state index in [1.807, 2.05) is 0 Å². The van der Waals surface area contributed by atoms with Crippen LogP contribution in [0.1, 0.15) is 27.2 Å². The summed E-state index contributed by atoms with van der Waals surface area (Å²) in [5.74, 6) is -1.19. The molecule has 0 aliphatic carbocycles. The fraction of sp³-hybridized carbons (Fsp3) is 0.818. The van der Waals surface area contributed by atoms with Crippen molar-refractivity contribution < 1.29 is 27.9 Å². The summed E-state index contributed by atoms with van der Waals surface area (Å²) in [5.41, 5.74) is -0.748. The molecular weight excluding hydrogens is 288 g/mol. The zero-order chi connectivity index (χ0) is 15.7. The fourth-order valence-electron chi connectivity index (χ4n) is 1.98. The molecule has 1 aliphatic rings. The van der Waals surface area contributed by atoms with Crippen molar-refractivity contribution in [3.63, 3.8) is 0 Å². The topological polar surface area (TPSA) is 113 Å². The van der Waals surface area contributed by atoms with Gasteiger partial charge in [-0.25, -0.2) is 22.7 Å². The van der Waals surface area contributed by atoms with Gasteiger partial charge in [-0.1, -0.05) is 0 Å². The molecule has 0 aromatic heterocycles. The predicted octanol–water partition coefficient (Wildman–Crippen LogP) is -0.00180. The first-order valence-electron chi connectivity index (χ1n) is 6.09. The van der Waals surface area contributed by atoms with Crippen LogP contribution >= 0.6 is 0 Å². The van der Waals surface area contributed by atoms with Crippen LogP contribution in [0.15, 0.2) is 0 Å². The largest absolute Gasteiger partial charge is 0.480 e. The molecule has 0 unspecified atom stereocenters. The molecule has 2 atom stereocenters. The van der Waals surface area contributed by atoms with Gasteiger partial charge in [0.1, 0.15) is 11.6 Å². The maximum Gasteiger partial charge on any atom is 0.411 e. The first-order chi connectivity index (χ1) is 8.89. The minimum Gasteiger partial charge on any atom is -0.480 e. The molecule has 9 heteroatoms. The lowest BCUT2D eigenvalue weighted by Crippen LogP contribution is -2.44. The number of rotatable bonds is 3. The van der Waals surface area contributed by atoms with Crippen molar-refractivity contribution in [1.82, 2.24) is 9.62 Å². The molecule has 1 fully saturated rings. The number of nitrogens with zero attached hydrogens (tertiary/aromatic N) is 1. The number of carbonyl (C=O) groups is 2. The van der Waals surface area contributed by atoms with Crippen LogP contribution in [0.3, 0.4) is 0 Å².